The second-order valence-electron chi connectivity index (χ2n) is 4.58. The van der Waals surface area contributed by atoms with Gasteiger partial charge in [-0.3, -0.25) is 9.78 Å². The number of amides is 1. The molecule has 2 rings (SSSR count). The van der Waals surface area contributed by atoms with E-state index in [1.165, 1.54) is 0 Å². The molecular weight excluding hydrogens is 339 g/mol. The molecule has 1 N–H and O–H groups in total. The molecule has 1 heterocycles. The van der Waals surface area contributed by atoms with Crippen LogP contribution in [0.25, 0.3) is 0 Å². The zero-order valence-electron chi connectivity index (χ0n) is 11.9. The number of aromatic nitrogens is 1. The number of thioether (sulfide) groups is 1. The summed E-state index contributed by atoms with van der Waals surface area (Å²) >= 11 is 13.7. The number of halogens is 2. The summed E-state index contributed by atoms with van der Waals surface area (Å²) in [6, 6.07) is 11.1. The van der Waals surface area contributed by atoms with Crippen LogP contribution in [0.1, 0.15) is 12.1 Å². The fourth-order valence-corrected chi connectivity index (χ4v) is 3.04. The van der Waals surface area contributed by atoms with Crippen molar-refractivity contribution >= 4 is 46.6 Å². The minimum absolute atomic E-state index is 0.0606. The van der Waals surface area contributed by atoms with Crippen molar-refractivity contribution in [2.75, 3.05) is 16.8 Å². The maximum Gasteiger partial charge on any atom is 0.225 e. The summed E-state index contributed by atoms with van der Waals surface area (Å²) in [5.41, 5.74) is 1.63. The maximum absolute atomic E-state index is 11.9. The van der Waals surface area contributed by atoms with Gasteiger partial charge < -0.3 is 5.32 Å². The first-order chi connectivity index (χ1) is 10.7. The van der Waals surface area contributed by atoms with E-state index < -0.39 is 0 Å². The van der Waals surface area contributed by atoms with E-state index in [1.54, 1.807) is 36.2 Å². The Bertz CT molecular complexity index is 623. The molecule has 116 valence electrons. The molecule has 22 heavy (non-hydrogen) atoms. The molecule has 6 heteroatoms. The zero-order valence-corrected chi connectivity index (χ0v) is 14.2. The van der Waals surface area contributed by atoms with E-state index in [9.17, 15) is 4.79 Å². The fraction of sp³-hybridized carbons (Fsp3) is 0.250. The van der Waals surface area contributed by atoms with Crippen LogP contribution in [0.5, 0.6) is 0 Å². The molecule has 0 saturated carbocycles. The molecule has 0 radical (unpaired) electrons. The lowest BCUT2D eigenvalue weighted by Crippen LogP contribution is -2.12. The number of nitrogens with zero attached hydrogens (tertiary/aromatic N) is 1. The predicted molar refractivity (Wildman–Crippen MR) is 95.0 cm³/mol. The highest BCUT2D eigenvalue weighted by Gasteiger charge is 2.08. The monoisotopic (exact) mass is 354 g/mol. The highest BCUT2D eigenvalue weighted by atomic mass is 35.5. The Hall–Kier alpha value is -1.23. The molecule has 3 nitrogen and oxygen atoms in total. The molecule has 1 aromatic carbocycles. The van der Waals surface area contributed by atoms with Gasteiger partial charge in [0.05, 0.1) is 15.7 Å². The third kappa shape index (κ3) is 5.52. The summed E-state index contributed by atoms with van der Waals surface area (Å²) in [4.78, 5) is 16.1. The van der Waals surface area contributed by atoms with Gasteiger partial charge in [-0.15, -0.1) is 0 Å². The third-order valence-corrected chi connectivity index (χ3v) is 4.73. The molecule has 0 aliphatic heterocycles. The number of benzene rings is 1. The quantitative estimate of drug-likeness (QED) is 0.733. The summed E-state index contributed by atoms with van der Waals surface area (Å²) in [6.45, 7) is 0. The molecule has 0 atom stereocenters. The van der Waals surface area contributed by atoms with Crippen LogP contribution in [0.4, 0.5) is 5.69 Å². The van der Waals surface area contributed by atoms with E-state index >= 15 is 0 Å². The number of nitrogens with one attached hydrogen (secondary N) is 1. The van der Waals surface area contributed by atoms with Crippen molar-refractivity contribution in [1.82, 2.24) is 4.98 Å². The minimum Gasteiger partial charge on any atom is -0.325 e. The Kier molecular flexibility index (Phi) is 7.03. The van der Waals surface area contributed by atoms with Crippen molar-refractivity contribution in [2.24, 2.45) is 0 Å². The fourth-order valence-electron chi connectivity index (χ4n) is 1.80. The first-order valence-electron chi connectivity index (χ1n) is 6.88. The van der Waals surface area contributed by atoms with Gasteiger partial charge in [-0.05, 0) is 36.4 Å². The lowest BCUT2D eigenvalue weighted by atomic mass is 10.3. The molecule has 1 amide bonds. The standard InChI is InChI=1S/C16H16Cl2N2OS/c17-13-5-3-6-14(16(13)18)20-15(21)8-11-22-10-7-12-4-1-2-9-19-12/h1-6,9H,7-8,10-11H2,(H,20,21). The molecule has 0 saturated heterocycles. The molecule has 0 aliphatic carbocycles. The summed E-state index contributed by atoms with van der Waals surface area (Å²) in [7, 11) is 0. The van der Waals surface area contributed by atoms with E-state index in [2.05, 4.69) is 10.3 Å². The van der Waals surface area contributed by atoms with Crippen molar-refractivity contribution in [3.63, 3.8) is 0 Å². The van der Waals surface area contributed by atoms with E-state index in [0.29, 0.717) is 22.2 Å². The van der Waals surface area contributed by atoms with Gasteiger partial charge >= 0.3 is 0 Å². The largest absolute Gasteiger partial charge is 0.325 e. The van der Waals surface area contributed by atoms with E-state index in [-0.39, 0.29) is 5.91 Å². The molecule has 1 aromatic heterocycles. The first kappa shape index (κ1) is 17.1. The Morgan fingerprint density at radius 1 is 1.14 bits per heavy atom. The number of carbonyl (C=O) groups excluding carboxylic acids is 1. The van der Waals surface area contributed by atoms with Gasteiger partial charge in [-0.1, -0.05) is 35.3 Å². The maximum atomic E-state index is 11.9. The number of hydrogen-bond acceptors (Lipinski definition) is 3. The van der Waals surface area contributed by atoms with Crippen molar-refractivity contribution in [2.45, 2.75) is 12.8 Å². The molecule has 2 aromatic rings. The number of rotatable bonds is 7. The van der Waals surface area contributed by atoms with Gasteiger partial charge in [0.2, 0.25) is 5.91 Å². The summed E-state index contributed by atoms with van der Waals surface area (Å²) < 4.78 is 0. The van der Waals surface area contributed by atoms with Crippen LogP contribution in [-0.4, -0.2) is 22.4 Å². The molecular formula is C16H16Cl2N2OS. The van der Waals surface area contributed by atoms with E-state index in [0.717, 1.165) is 23.6 Å². The third-order valence-electron chi connectivity index (χ3n) is 2.93. The number of aryl methyl sites for hydroxylation is 1. The molecule has 0 fully saturated rings. The zero-order chi connectivity index (χ0) is 15.8. The average Bonchev–Trinajstić information content (AvgIpc) is 2.52. The number of anilines is 1. The summed E-state index contributed by atoms with van der Waals surface area (Å²) in [6.07, 6.45) is 3.14. The second kappa shape index (κ2) is 9.03. The Morgan fingerprint density at radius 2 is 2.00 bits per heavy atom. The predicted octanol–water partition coefficient (Wildman–Crippen LogP) is 4.69. The number of hydrogen-bond donors (Lipinski definition) is 1. The van der Waals surface area contributed by atoms with Gasteiger partial charge in [0.25, 0.3) is 0 Å². The first-order valence-corrected chi connectivity index (χ1v) is 8.79. The van der Waals surface area contributed by atoms with Crippen LogP contribution in [-0.2, 0) is 11.2 Å². The number of pyridine rings is 1. The lowest BCUT2D eigenvalue weighted by Gasteiger charge is -2.08. The molecule has 0 bridgehead atoms. The van der Waals surface area contributed by atoms with Gasteiger partial charge in [-0.2, -0.15) is 11.8 Å². The summed E-state index contributed by atoms with van der Waals surface area (Å²) in [5.74, 6) is 1.65. The van der Waals surface area contributed by atoms with Gasteiger partial charge in [-0.25, -0.2) is 0 Å². The van der Waals surface area contributed by atoms with Crippen LogP contribution in [0.2, 0.25) is 10.0 Å². The van der Waals surface area contributed by atoms with Gasteiger partial charge in [0, 0.05) is 24.1 Å². The highest BCUT2D eigenvalue weighted by molar-refractivity contribution is 7.99. The summed E-state index contributed by atoms with van der Waals surface area (Å²) in [5, 5.41) is 3.59. The van der Waals surface area contributed by atoms with Crippen LogP contribution >= 0.6 is 35.0 Å². The normalized spacial score (nSPS) is 10.5. The second-order valence-corrected chi connectivity index (χ2v) is 6.59. The topological polar surface area (TPSA) is 42.0 Å². The smallest absolute Gasteiger partial charge is 0.225 e. The van der Waals surface area contributed by atoms with Crippen molar-refractivity contribution < 1.29 is 4.79 Å². The molecule has 0 unspecified atom stereocenters. The molecule has 0 aliphatic rings. The van der Waals surface area contributed by atoms with Crippen LogP contribution in [0.15, 0.2) is 42.6 Å². The van der Waals surface area contributed by atoms with E-state index in [1.807, 2.05) is 18.2 Å². The minimum atomic E-state index is -0.0606. The van der Waals surface area contributed by atoms with Gasteiger partial charge in [0.1, 0.15) is 0 Å². The van der Waals surface area contributed by atoms with E-state index in [4.69, 9.17) is 23.2 Å². The van der Waals surface area contributed by atoms with Crippen molar-refractivity contribution in [3.8, 4) is 0 Å². The Balaban J connectivity index is 1.67. The Labute approximate surface area is 144 Å². The highest BCUT2D eigenvalue weighted by Crippen LogP contribution is 2.29. The van der Waals surface area contributed by atoms with Crippen molar-refractivity contribution in [1.29, 1.82) is 0 Å². The van der Waals surface area contributed by atoms with Crippen LogP contribution in [0.3, 0.4) is 0 Å². The van der Waals surface area contributed by atoms with Gasteiger partial charge in [0.15, 0.2) is 0 Å². The lowest BCUT2D eigenvalue weighted by molar-refractivity contribution is -0.115. The number of carbonyl (C=O) groups is 1. The SMILES string of the molecule is O=C(CCSCCc1ccccn1)Nc1cccc(Cl)c1Cl. The van der Waals surface area contributed by atoms with Crippen LogP contribution < -0.4 is 5.32 Å². The average molecular weight is 355 g/mol. The van der Waals surface area contributed by atoms with Crippen LogP contribution in [0, 0.1) is 0 Å². The van der Waals surface area contributed by atoms with Crippen molar-refractivity contribution in [3.05, 3.63) is 58.3 Å². The molecule has 0 spiro atoms. The Morgan fingerprint density at radius 3 is 2.77 bits per heavy atom.